The molecular formula is C11H18N2Si. The van der Waals surface area contributed by atoms with Gasteiger partial charge in [0.1, 0.15) is 5.82 Å². The SMILES string of the molecule is Cc1cc(/C=C/[Si](C)(C)C)nc(C)n1. The smallest absolute Gasteiger partial charge is 0.126 e. The summed E-state index contributed by atoms with van der Waals surface area (Å²) in [6.45, 7) is 10.9. The summed E-state index contributed by atoms with van der Waals surface area (Å²) < 4.78 is 0. The van der Waals surface area contributed by atoms with Gasteiger partial charge in [0.2, 0.25) is 0 Å². The minimum atomic E-state index is -1.12. The van der Waals surface area contributed by atoms with Crippen molar-refractivity contribution in [2.75, 3.05) is 0 Å². The Labute approximate surface area is 87.1 Å². The van der Waals surface area contributed by atoms with Crippen LogP contribution in [0.2, 0.25) is 19.6 Å². The van der Waals surface area contributed by atoms with E-state index in [9.17, 15) is 0 Å². The molecular weight excluding hydrogens is 188 g/mol. The summed E-state index contributed by atoms with van der Waals surface area (Å²) in [7, 11) is -1.12. The van der Waals surface area contributed by atoms with E-state index < -0.39 is 8.07 Å². The van der Waals surface area contributed by atoms with Crippen molar-refractivity contribution in [3.05, 3.63) is 29.0 Å². The maximum Gasteiger partial charge on any atom is 0.126 e. The summed E-state index contributed by atoms with van der Waals surface area (Å²) in [5.74, 6) is 0.847. The van der Waals surface area contributed by atoms with Crippen LogP contribution >= 0.6 is 0 Å². The summed E-state index contributed by atoms with van der Waals surface area (Å²) in [5.41, 5.74) is 4.36. The third-order valence-corrected chi connectivity index (χ3v) is 2.91. The van der Waals surface area contributed by atoms with Crippen molar-refractivity contribution in [3.8, 4) is 0 Å². The van der Waals surface area contributed by atoms with E-state index in [-0.39, 0.29) is 0 Å². The molecule has 0 saturated heterocycles. The van der Waals surface area contributed by atoms with Crippen LogP contribution in [0.3, 0.4) is 0 Å². The average Bonchev–Trinajstić information content (AvgIpc) is 1.97. The molecule has 0 amide bonds. The Balaban J connectivity index is 2.92. The number of aryl methyl sites for hydroxylation is 2. The Morgan fingerprint density at radius 2 is 1.79 bits per heavy atom. The zero-order valence-electron chi connectivity index (χ0n) is 9.63. The van der Waals surface area contributed by atoms with Crippen LogP contribution in [0.1, 0.15) is 17.2 Å². The first-order valence-corrected chi connectivity index (χ1v) is 8.46. The molecule has 76 valence electrons. The quantitative estimate of drug-likeness (QED) is 0.695. The van der Waals surface area contributed by atoms with Crippen LogP contribution in [-0.2, 0) is 0 Å². The summed E-state index contributed by atoms with van der Waals surface area (Å²) in [5, 5.41) is 0. The molecule has 0 aromatic carbocycles. The van der Waals surface area contributed by atoms with E-state index in [4.69, 9.17) is 0 Å². The van der Waals surface area contributed by atoms with Gasteiger partial charge in [-0.1, -0.05) is 25.3 Å². The molecule has 1 heterocycles. The Hall–Kier alpha value is -0.963. The molecule has 0 unspecified atom stereocenters. The summed E-state index contributed by atoms with van der Waals surface area (Å²) >= 11 is 0. The van der Waals surface area contributed by atoms with Gasteiger partial charge in [0.15, 0.2) is 0 Å². The maximum absolute atomic E-state index is 4.36. The van der Waals surface area contributed by atoms with E-state index >= 15 is 0 Å². The molecule has 0 atom stereocenters. The third kappa shape index (κ3) is 3.83. The molecule has 0 aliphatic carbocycles. The van der Waals surface area contributed by atoms with Gasteiger partial charge in [-0.2, -0.15) is 0 Å². The van der Waals surface area contributed by atoms with Crippen LogP contribution < -0.4 is 0 Å². The predicted octanol–water partition coefficient (Wildman–Crippen LogP) is 2.98. The van der Waals surface area contributed by atoms with E-state index in [0.717, 1.165) is 17.2 Å². The van der Waals surface area contributed by atoms with Gasteiger partial charge in [0, 0.05) is 5.69 Å². The number of hydrogen-bond donors (Lipinski definition) is 0. The van der Waals surface area contributed by atoms with E-state index in [1.54, 1.807) is 0 Å². The van der Waals surface area contributed by atoms with Gasteiger partial charge in [0.25, 0.3) is 0 Å². The van der Waals surface area contributed by atoms with Crippen molar-refractivity contribution in [3.63, 3.8) is 0 Å². The summed E-state index contributed by atoms with van der Waals surface area (Å²) in [6, 6.07) is 2.02. The van der Waals surface area contributed by atoms with Crippen molar-refractivity contribution in [2.24, 2.45) is 0 Å². The number of aromatic nitrogens is 2. The molecule has 0 spiro atoms. The largest absolute Gasteiger partial charge is 0.239 e. The first-order valence-electron chi connectivity index (χ1n) is 4.88. The highest BCUT2D eigenvalue weighted by atomic mass is 28.3. The van der Waals surface area contributed by atoms with Crippen LogP contribution in [0.4, 0.5) is 0 Å². The molecule has 1 aromatic heterocycles. The first-order chi connectivity index (χ1) is 6.37. The zero-order chi connectivity index (χ0) is 10.8. The van der Waals surface area contributed by atoms with Crippen molar-refractivity contribution in [2.45, 2.75) is 33.5 Å². The number of rotatable bonds is 2. The van der Waals surface area contributed by atoms with E-state index in [1.807, 2.05) is 19.9 Å². The second kappa shape index (κ2) is 4.05. The highest BCUT2D eigenvalue weighted by Gasteiger charge is 2.07. The van der Waals surface area contributed by atoms with E-state index in [2.05, 4.69) is 41.4 Å². The van der Waals surface area contributed by atoms with Gasteiger partial charge in [0.05, 0.1) is 13.8 Å². The van der Waals surface area contributed by atoms with Crippen molar-refractivity contribution < 1.29 is 0 Å². The lowest BCUT2D eigenvalue weighted by Crippen LogP contribution is -2.15. The van der Waals surface area contributed by atoms with Crippen LogP contribution in [0, 0.1) is 13.8 Å². The first kappa shape index (κ1) is 11.1. The molecule has 1 rings (SSSR count). The molecule has 0 fully saturated rings. The average molecular weight is 206 g/mol. The third-order valence-electron chi connectivity index (χ3n) is 1.74. The van der Waals surface area contributed by atoms with E-state index in [1.165, 1.54) is 0 Å². The molecule has 0 radical (unpaired) electrons. The Kier molecular flexibility index (Phi) is 3.21. The van der Waals surface area contributed by atoms with Crippen LogP contribution in [0.15, 0.2) is 11.8 Å². The summed E-state index contributed by atoms with van der Waals surface area (Å²) in [6.07, 6.45) is 2.12. The second-order valence-corrected chi connectivity index (χ2v) is 9.75. The fraction of sp³-hybridized carbons (Fsp3) is 0.455. The van der Waals surface area contributed by atoms with Crippen molar-refractivity contribution in [1.29, 1.82) is 0 Å². The minimum absolute atomic E-state index is 0.847. The fourth-order valence-electron chi connectivity index (χ4n) is 1.17. The second-order valence-electron chi connectivity index (χ2n) is 4.68. The highest BCUT2D eigenvalue weighted by Crippen LogP contribution is 2.07. The van der Waals surface area contributed by atoms with Gasteiger partial charge in [-0.15, -0.1) is 0 Å². The monoisotopic (exact) mass is 206 g/mol. The van der Waals surface area contributed by atoms with Gasteiger partial charge >= 0.3 is 0 Å². The molecule has 2 nitrogen and oxygen atoms in total. The van der Waals surface area contributed by atoms with Gasteiger partial charge in [-0.05, 0) is 26.0 Å². The fourth-order valence-corrected chi connectivity index (χ4v) is 1.84. The molecule has 0 saturated carbocycles. The molecule has 14 heavy (non-hydrogen) atoms. The minimum Gasteiger partial charge on any atom is -0.239 e. The molecule has 0 bridgehead atoms. The number of hydrogen-bond acceptors (Lipinski definition) is 2. The normalized spacial score (nSPS) is 12.4. The standard InChI is InChI=1S/C11H18N2Si/c1-9-8-11(13-10(2)12-9)6-7-14(3,4)5/h6-8H,1-5H3/b7-6+. The Morgan fingerprint density at radius 3 is 2.29 bits per heavy atom. The van der Waals surface area contributed by atoms with Crippen LogP contribution in [-0.4, -0.2) is 18.0 Å². The summed E-state index contributed by atoms with van der Waals surface area (Å²) in [4.78, 5) is 8.61. The van der Waals surface area contributed by atoms with Gasteiger partial charge in [-0.25, -0.2) is 9.97 Å². The zero-order valence-corrected chi connectivity index (χ0v) is 10.6. The van der Waals surface area contributed by atoms with Crippen molar-refractivity contribution in [1.82, 2.24) is 9.97 Å². The van der Waals surface area contributed by atoms with Gasteiger partial charge in [-0.3, -0.25) is 0 Å². The maximum atomic E-state index is 4.36. The van der Waals surface area contributed by atoms with Gasteiger partial charge < -0.3 is 0 Å². The molecule has 1 aromatic rings. The van der Waals surface area contributed by atoms with Crippen LogP contribution in [0.25, 0.3) is 6.08 Å². The lowest BCUT2D eigenvalue weighted by Gasteiger charge is -2.08. The Morgan fingerprint density at radius 1 is 1.14 bits per heavy atom. The van der Waals surface area contributed by atoms with E-state index in [0.29, 0.717) is 0 Å². The highest BCUT2D eigenvalue weighted by molar-refractivity contribution is 6.81. The molecule has 3 heteroatoms. The predicted molar refractivity (Wildman–Crippen MR) is 63.9 cm³/mol. The van der Waals surface area contributed by atoms with Crippen molar-refractivity contribution >= 4 is 14.1 Å². The molecule has 0 aliphatic heterocycles. The molecule has 0 aliphatic rings. The van der Waals surface area contributed by atoms with Crippen LogP contribution in [0.5, 0.6) is 0 Å². The topological polar surface area (TPSA) is 25.8 Å². The molecule has 0 N–H and O–H groups in total. The lowest BCUT2D eigenvalue weighted by molar-refractivity contribution is 1.00. The number of nitrogens with zero attached hydrogens (tertiary/aromatic N) is 2. The lowest BCUT2D eigenvalue weighted by atomic mass is 10.3. The Bertz CT molecular complexity index is 331.